The van der Waals surface area contributed by atoms with Crippen molar-refractivity contribution in [1.82, 2.24) is 9.88 Å². The van der Waals surface area contributed by atoms with E-state index >= 15 is 0 Å². The third kappa shape index (κ3) is 3.22. The Bertz CT molecular complexity index is 595. The number of likely N-dealkylation sites (tertiary alicyclic amines) is 1. The van der Waals surface area contributed by atoms with Gasteiger partial charge in [-0.05, 0) is 24.5 Å². The average Bonchev–Trinajstić information content (AvgIpc) is 3.09. The van der Waals surface area contributed by atoms with Gasteiger partial charge in [-0.15, -0.1) is 0 Å². The third-order valence-corrected chi connectivity index (χ3v) is 4.44. The maximum atomic E-state index is 12.5. The number of rotatable bonds is 4. The van der Waals surface area contributed by atoms with Gasteiger partial charge >= 0.3 is 0 Å². The second-order valence-electron chi connectivity index (χ2n) is 5.86. The molecule has 0 radical (unpaired) electrons. The van der Waals surface area contributed by atoms with Crippen molar-refractivity contribution < 1.29 is 9.53 Å². The van der Waals surface area contributed by atoms with Gasteiger partial charge in [0, 0.05) is 38.5 Å². The zero-order chi connectivity index (χ0) is 15.4. The van der Waals surface area contributed by atoms with E-state index in [1.54, 1.807) is 19.5 Å². The second kappa shape index (κ2) is 6.79. The molecule has 1 aromatic carbocycles. The number of benzene rings is 1. The van der Waals surface area contributed by atoms with Crippen molar-refractivity contribution >= 4 is 5.91 Å². The minimum atomic E-state index is 0.105. The van der Waals surface area contributed by atoms with Crippen molar-refractivity contribution in [3.8, 4) is 0 Å². The van der Waals surface area contributed by atoms with Crippen LogP contribution >= 0.6 is 0 Å². The Balaban J connectivity index is 1.71. The first-order valence-electron chi connectivity index (χ1n) is 7.76. The molecular formula is C18H22N2O2. The molecule has 0 bridgehead atoms. The van der Waals surface area contributed by atoms with Crippen molar-refractivity contribution in [2.45, 2.75) is 18.9 Å². The van der Waals surface area contributed by atoms with Gasteiger partial charge < -0.3 is 14.6 Å². The van der Waals surface area contributed by atoms with E-state index in [1.165, 1.54) is 5.56 Å². The highest BCUT2D eigenvalue weighted by Gasteiger charge is 2.32. The molecule has 1 aliphatic heterocycles. The Hall–Kier alpha value is -2.07. The lowest BCUT2D eigenvalue weighted by Gasteiger charge is -2.38. The fourth-order valence-corrected chi connectivity index (χ4v) is 3.26. The molecule has 1 amide bonds. The molecule has 116 valence electrons. The summed E-state index contributed by atoms with van der Waals surface area (Å²) in [5.74, 6) is 0.443. The molecule has 4 heteroatoms. The molecule has 1 N–H and O–H groups in total. The van der Waals surface area contributed by atoms with Gasteiger partial charge in [0.2, 0.25) is 0 Å². The average molecular weight is 298 g/mol. The number of amides is 1. The van der Waals surface area contributed by atoms with Crippen LogP contribution in [0, 0.1) is 5.92 Å². The number of carbonyl (C=O) groups is 1. The summed E-state index contributed by atoms with van der Waals surface area (Å²) in [7, 11) is 1.77. The van der Waals surface area contributed by atoms with Crippen LogP contribution in [0.15, 0.2) is 48.8 Å². The van der Waals surface area contributed by atoms with Crippen molar-refractivity contribution in [1.29, 1.82) is 0 Å². The first-order valence-corrected chi connectivity index (χ1v) is 7.76. The zero-order valence-corrected chi connectivity index (χ0v) is 12.9. The Kier molecular flexibility index (Phi) is 4.59. The minimum absolute atomic E-state index is 0.105. The Morgan fingerprint density at radius 2 is 2.14 bits per heavy atom. The molecule has 22 heavy (non-hydrogen) atoms. The molecule has 1 aromatic heterocycles. The number of hydrogen-bond acceptors (Lipinski definition) is 2. The largest absolute Gasteiger partial charge is 0.381 e. The Labute approximate surface area is 131 Å². The predicted molar refractivity (Wildman–Crippen MR) is 85.7 cm³/mol. The van der Waals surface area contributed by atoms with Gasteiger partial charge in [-0.3, -0.25) is 4.79 Å². The van der Waals surface area contributed by atoms with Crippen molar-refractivity contribution in [2.24, 2.45) is 5.92 Å². The Morgan fingerprint density at radius 3 is 2.82 bits per heavy atom. The third-order valence-electron chi connectivity index (χ3n) is 4.44. The molecule has 3 rings (SSSR count). The van der Waals surface area contributed by atoms with Crippen LogP contribution in [0.25, 0.3) is 0 Å². The highest BCUT2D eigenvalue weighted by molar-refractivity contribution is 5.94. The number of H-pyrrole nitrogens is 1. The first-order chi connectivity index (χ1) is 10.8. The molecule has 1 aliphatic rings. The van der Waals surface area contributed by atoms with Gasteiger partial charge in [0.1, 0.15) is 0 Å². The maximum absolute atomic E-state index is 12.5. The molecule has 0 saturated carbocycles. The quantitative estimate of drug-likeness (QED) is 0.943. The molecule has 4 nitrogen and oxygen atoms in total. The lowest BCUT2D eigenvalue weighted by molar-refractivity contribution is -0.00298. The number of carbonyl (C=O) groups excluding carboxylic acids is 1. The van der Waals surface area contributed by atoms with Gasteiger partial charge in [-0.1, -0.05) is 30.3 Å². The van der Waals surface area contributed by atoms with Crippen LogP contribution in [0.1, 0.15) is 22.3 Å². The molecule has 0 spiro atoms. The topological polar surface area (TPSA) is 45.3 Å². The number of methoxy groups -OCH3 is 1. The number of hydrogen-bond donors (Lipinski definition) is 1. The van der Waals surface area contributed by atoms with E-state index < -0.39 is 0 Å². The van der Waals surface area contributed by atoms with E-state index in [-0.39, 0.29) is 12.0 Å². The SMILES string of the molecule is CO[C@H]1CCN(C(=O)c2cc[nH]c2)C[C@H]1Cc1ccccc1. The molecule has 2 aromatic rings. The summed E-state index contributed by atoms with van der Waals surface area (Å²) in [5.41, 5.74) is 2.03. The van der Waals surface area contributed by atoms with E-state index in [9.17, 15) is 4.79 Å². The highest BCUT2D eigenvalue weighted by Crippen LogP contribution is 2.24. The van der Waals surface area contributed by atoms with Crippen LogP contribution < -0.4 is 0 Å². The summed E-state index contributed by atoms with van der Waals surface area (Å²) in [6.07, 6.45) is 5.60. The van der Waals surface area contributed by atoms with Gasteiger partial charge in [-0.25, -0.2) is 0 Å². The van der Waals surface area contributed by atoms with Crippen molar-refractivity contribution in [3.05, 3.63) is 59.9 Å². The summed E-state index contributed by atoms with van der Waals surface area (Å²) < 4.78 is 5.65. The summed E-state index contributed by atoms with van der Waals surface area (Å²) in [4.78, 5) is 17.4. The molecule has 0 unspecified atom stereocenters. The number of aromatic amines is 1. The van der Waals surface area contributed by atoms with Gasteiger partial charge in [0.25, 0.3) is 5.91 Å². The molecule has 1 saturated heterocycles. The van der Waals surface area contributed by atoms with E-state index in [0.29, 0.717) is 5.92 Å². The maximum Gasteiger partial charge on any atom is 0.255 e. The second-order valence-corrected chi connectivity index (χ2v) is 5.86. The summed E-state index contributed by atoms with van der Waals surface area (Å²) in [6, 6.07) is 12.3. The lowest BCUT2D eigenvalue weighted by Crippen LogP contribution is -2.47. The molecule has 0 aliphatic carbocycles. The molecule has 2 atom stereocenters. The van der Waals surface area contributed by atoms with E-state index in [0.717, 1.165) is 31.5 Å². The van der Waals surface area contributed by atoms with Crippen LogP contribution in [0.4, 0.5) is 0 Å². The monoisotopic (exact) mass is 298 g/mol. The van der Waals surface area contributed by atoms with Gasteiger partial charge in [0.15, 0.2) is 0 Å². The van der Waals surface area contributed by atoms with Gasteiger partial charge in [-0.2, -0.15) is 0 Å². The number of nitrogens with one attached hydrogen (secondary N) is 1. The predicted octanol–water partition coefficient (Wildman–Crippen LogP) is 2.73. The van der Waals surface area contributed by atoms with E-state index in [4.69, 9.17) is 4.74 Å². The van der Waals surface area contributed by atoms with E-state index in [1.807, 2.05) is 17.0 Å². The number of ether oxygens (including phenoxy) is 1. The molecular weight excluding hydrogens is 276 g/mol. The van der Waals surface area contributed by atoms with Crippen LogP contribution in [0.3, 0.4) is 0 Å². The number of piperidine rings is 1. The smallest absolute Gasteiger partial charge is 0.255 e. The zero-order valence-electron chi connectivity index (χ0n) is 12.9. The van der Waals surface area contributed by atoms with Gasteiger partial charge in [0.05, 0.1) is 11.7 Å². The lowest BCUT2D eigenvalue weighted by atomic mass is 9.88. The fourth-order valence-electron chi connectivity index (χ4n) is 3.26. The van der Waals surface area contributed by atoms with E-state index in [2.05, 4.69) is 29.2 Å². The summed E-state index contributed by atoms with van der Waals surface area (Å²) in [5, 5.41) is 0. The molecule has 2 heterocycles. The number of nitrogens with zero attached hydrogens (tertiary/aromatic N) is 1. The normalized spacial score (nSPS) is 21.8. The molecule has 1 fully saturated rings. The van der Waals surface area contributed by atoms with Crippen LogP contribution in [-0.2, 0) is 11.2 Å². The van der Waals surface area contributed by atoms with Crippen LogP contribution in [0.5, 0.6) is 0 Å². The minimum Gasteiger partial charge on any atom is -0.381 e. The summed E-state index contributed by atoms with van der Waals surface area (Å²) >= 11 is 0. The summed E-state index contributed by atoms with van der Waals surface area (Å²) in [6.45, 7) is 1.51. The standard InChI is InChI=1S/C18H22N2O2/c1-22-17-8-10-20(18(21)15-7-9-19-12-15)13-16(17)11-14-5-3-2-4-6-14/h2-7,9,12,16-17,19H,8,10-11,13H2,1H3/t16-,17+/m1/s1. The van der Waals surface area contributed by atoms with Crippen molar-refractivity contribution in [3.63, 3.8) is 0 Å². The fraction of sp³-hybridized carbons (Fsp3) is 0.389. The first kappa shape index (κ1) is 14.9. The number of aromatic nitrogens is 1. The van der Waals surface area contributed by atoms with Crippen LogP contribution in [0.2, 0.25) is 0 Å². The van der Waals surface area contributed by atoms with Crippen LogP contribution in [-0.4, -0.2) is 42.1 Å². The highest BCUT2D eigenvalue weighted by atomic mass is 16.5. The Morgan fingerprint density at radius 1 is 1.32 bits per heavy atom. The van der Waals surface area contributed by atoms with Crippen molar-refractivity contribution in [2.75, 3.05) is 20.2 Å².